The van der Waals surface area contributed by atoms with Crippen molar-refractivity contribution in [3.05, 3.63) is 30.6 Å². The molecule has 0 aromatic carbocycles. The van der Waals surface area contributed by atoms with E-state index in [1.165, 1.54) is 0 Å². The summed E-state index contributed by atoms with van der Waals surface area (Å²) in [4.78, 5) is 0. The first kappa shape index (κ1) is 7.22. The average Bonchev–Trinajstić information content (AvgIpc) is 2.05. The maximum atomic E-state index is 9.29. The van der Waals surface area contributed by atoms with Crippen LogP contribution in [0.25, 0.3) is 0 Å². The Morgan fingerprint density at radius 1 is 1.30 bits per heavy atom. The van der Waals surface area contributed by atoms with E-state index in [1.54, 1.807) is 4.57 Å². The van der Waals surface area contributed by atoms with E-state index < -0.39 is 0 Å². The predicted octanol–water partition coefficient (Wildman–Crippen LogP) is 0.875. The molecule has 1 N–H and O–H groups in total. The Balaban J connectivity index is 2.75. The zero-order chi connectivity index (χ0) is 7.40. The van der Waals surface area contributed by atoms with Gasteiger partial charge in [-0.25, -0.2) is 0 Å². The molecule has 0 bridgehead atoms. The number of aromatic nitrogens is 1. The molecule has 0 saturated carbocycles. The summed E-state index contributed by atoms with van der Waals surface area (Å²) in [7, 11) is 0. The Labute approximate surface area is 60.8 Å². The summed E-state index contributed by atoms with van der Waals surface area (Å²) in [5, 5.41) is 9.29. The molecule has 0 aliphatic rings. The molecule has 0 fully saturated rings. The third-order valence-corrected chi connectivity index (χ3v) is 1.45. The fourth-order valence-corrected chi connectivity index (χ4v) is 0.821. The van der Waals surface area contributed by atoms with Gasteiger partial charge in [0.25, 0.3) is 6.23 Å². The first-order valence-electron chi connectivity index (χ1n) is 3.48. The second kappa shape index (κ2) is 3.32. The lowest BCUT2D eigenvalue weighted by atomic mass is 10.4. The van der Waals surface area contributed by atoms with Crippen molar-refractivity contribution < 1.29 is 9.67 Å². The lowest BCUT2D eigenvalue weighted by Gasteiger charge is -1.99. The molecule has 0 aliphatic carbocycles. The maximum Gasteiger partial charge on any atom is 0.259 e. The van der Waals surface area contributed by atoms with Gasteiger partial charge in [-0.3, -0.25) is 0 Å². The molecule has 1 atom stereocenters. The van der Waals surface area contributed by atoms with Gasteiger partial charge in [0.1, 0.15) is 0 Å². The number of hydrogen-bond donors (Lipinski definition) is 1. The monoisotopic (exact) mass is 138 g/mol. The van der Waals surface area contributed by atoms with Crippen molar-refractivity contribution in [3.63, 3.8) is 0 Å². The van der Waals surface area contributed by atoms with Crippen LogP contribution in [-0.4, -0.2) is 5.11 Å². The van der Waals surface area contributed by atoms with Crippen LogP contribution in [0.4, 0.5) is 0 Å². The Kier molecular flexibility index (Phi) is 2.40. The molecule has 10 heavy (non-hydrogen) atoms. The van der Waals surface area contributed by atoms with E-state index in [-0.39, 0.29) is 6.23 Å². The summed E-state index contributed by atoms with van der Waals surface area (Å²) in [6.45, 7) is 1.95. The maximum absolute atomic E-state index is 9.29. The minimum Gasteiger partial charge on any atom is -0.337 e. The van der Waals surface area contributed by atoms with Crippen LogP contribution in [0.3, 0.4) is 0 Å². The lowest BCUT2D eigenvalue weighted by Crippen LogP contribution is -2.37. The largest absolute Gasteiger partial charge is 0.337 e. The lowest BCUT2D eigenvalue weighted by molar-refractivity contribution is -0.760. The van der Waals surface area contributed by atoms with E-state index in [0.717, 1.165) is 6.42 Å². The van der Waals surface area contributed by atoms with E-state index in [4.69, 9.17) is 0 Å². The van der Waals surface area contributed by atoms with Gasteiger partial charge >= 0.3 is 0 Å². The van der Waals surface area contributed by atoms with E-state index in [9.17, 15) is 5.11 Å². The molecule has 1 aromatic rings. The highest BCUT2D eigenvalue weighted by Gasteiger charge is 2.08. The molecule has 1 rings (SSSR count). The second-order valence-corrected chi connectivity index (χ2v) is 2.21. The van der Waals surface area contributed by atoms with Crippen LogP contribution in [0.15, 0.2) is 30.6 Å². The van der Waals surface area contributed by atoms with Crippen LogP contribution < -0.4 is 4.57 Å². The van der Waals surface area contributed by atoms with Gasteiger partial charge in [0.2, 0.25) is 0 Å². The number of nitrogens with zero attached hydrogens (tertiary/aromatic N) is 1. The summed E-state index contributed by atoms with van der Waals surface area (Å²) < 4.78 is 1.78. The third kappa shape index (κ3) is 1.54. The van der Waals surface area contributed by atoms with Crippen LogP contribution in [0.1, 0.15) is 19.6 Å². The molecule has 1 aromatic heterocycles. The number of pyridine rings is 1. The minimum absolute atomic E-state index is 0.374. The zero-order valence-electron chi connectivity index (χ0n) is 6.07. The number of hydrogen-bond acceptors (Lipinski definition) is 1. The van der Waals surface area contributed by atoms with E-state index in [2.05, 4.69) is 0 Å². The second-order valence-electron chi connectivity index (χ2n) is 2.21. The van der Waals surface area contributed by atoms with Crippen LogP contribution >= 0.6 is 0 Å². The van der Waals surface area contributed by atoms with Gasteiger partial charge in [0.15, 0.2) is 12.4 Å². The molecule has 0 spiro atoms. The minimum atomic E-state index is -0.374. The Morgan fingerprint density at radius 2 is 1.90 bits per heavy atom. The van der Waals surface area contributed by atoms with E-state index in [1.807, 2.05) is 37.5 Å². The van der Waals surface area contributed by atoms with Gasteiger partial charge in [-0.05, 0) is 0 Å². The predicted molar refractivity (Wildman–Crippen MR) is 38.2 cm³/mol. The standard InChI is InChI=1S/C8H12NO/c1-2-8(10)9-6-4-3-5-7-9/h3-8,10H,2H2,1H3/q+1. The molecule has 0 radical (unpaired) electrons. The summed E-state index contributed by atoms with van der Waals surface area (Å²) in [6.07, 6.45) is 4.08. The molecule has 2 nitrogen and oxygen atoms in total. The highest BCUT2D eigenvalue weighted by molar-refractivity contribution is 4.83. The Morgan fingerprint density at radius 3 is 2.40 bits per heavy atom. The summed E-state index contributed by atoms with van der Waals surface area (Å²) in [6, 6.07) is 5.73. The molecule has 1 heterocycles. The summed E-state index contributed by atoms with van der Waals surface area (Å²) in [5.74, 6) is 0. The highest BCUT2D eigenvalue weighted by atomic mass is 16.3. The summed E-state index contributed by atoms with van der Waals surface area (Å²) in [5.41, 5.74) is 0. The van der Waals surface area contributed by atoms with Crippen molar-refractivity contribution in [2.75, 3.05) is 0 Å². The number of rotatable bonds is 2. The zero-order valence-corrected chi connectivity index (χ0v) is 6.07. The molecule has 1 unspecified atom stereocenters. The van der Waals surface area contributed by atoms with Crippen molar-refractivity contribution >= 4 is 0 Å². The van der Waals surface area contributed by atoms with E-state index >= 15 is 0 Å². The van der Waals surface area contributed by atoms with Crippen molar-refractivity contribution in [2.45, 2.75) is 19.6 Å². The van der Waals surface area contributed by atoms with Gasteiger partial charge in [0.05, 0.1) is 0 Å². The quantitative estimate of drug-likeness (QED) is 0.602. The molecule has 2 heteroatoms. The van der Waals surface area contributed by atoms with Gasteiger partial charge in [0, 0.05) is 18.6 Å². The molecular formula is C8H12NO+. The first-order valence-corrected chi connectivity index (χ1v) is 3.48. The molecule has 0 aliphatic heterocycles. The van der Waals surface area contributed by atoms with Crippen LogP contribution in [0.5, 0.6) is 0 Å². The molecule has 0 saturated heterocycles. The Bertz CT molecular complexity index is 186. The van der Waals surface area contributed by atoms with Gasteiger partial charge in [-0.2, -0.15) is 4.57 Å². The van der Waals surface area contributed by atoms with Crippen molar-refractivity contribution in [3.8, 4) is 0 Å². The molecular weight excluding hydrogens is 126 g/mol. The van der Waals surface area contributed by atoms with Crippen LogP contribution in [0, 0.1) is 0 Å². The number of aliphatic hydroxyl groups is 1. The van der Waals surface area contributed by atoms with Gasteiger partial charge < -0.3 is 5.11 Å². The van der Waals surface area contributed by atoms with Crippen molar-refractivity contribution in [1.29, 1.82) is 0 Å². The fraction of sp³-hybridized carbons (Fsp3) is 0.375. The summed E-state index contributed by atoms with van der Waals surface area (Å²) >= 11 is 0. The topological polar surface area (TPSA) is 24.1 Å². The number of aliphatic hydroxyl groups excluding tert-OH is 1. The van der Waals surface area contributed by atoms with Crippen molar-refractivity contribution in [1.82, 2.24) is 0 Å². The van der Waals surface area contributed by atoms with Crippen LogP contribution in [0.2, 0.25) is 0 Å². The van der Waals surface area contributed by atoms with Crippen molar-refractivity contribution in [2.24, 2.45) is 0 Å². The SMILES string of the molecule is CCC(O)[n+]1ccccc1. The van der Waals surface area contributed by atoms with E-state index in [0.29, 0.717) is 0 Å². The van der Waals surface area contributed by atoms with Gasteiger partial charge in [-0.1, -0.05) is 13.0 Å². The molecule has 0 amide bonds. The smallest absolute Gasteiger partial charge is 0.259 e. The Hall–Kier alpha value is -0.890. The first-order chi connectivity index (χ1) is 4.84. The average molecular weight is 138 g/mol. The third-order valence-electron chi connectivity index (χ3n) is 1.45. The van der Waals surface area contributed by atoms with Gasteiger partial charge in [-0.15, -0.1) is 0 Å². The van der Waals surface area contributed by atoms with Crippen LogP contribution in [-0.2, 0) is 0 Å². The normalized spacial score (nSPS) is 13.0. The highest BCUT2D eigenvalue weighted by Crippen LogP contribution is 1.93. The molecule has 54 valence electrons. The fourth-order valence-electron chi connectivity index (χ4n) is 0.821.